The fourth-order valence-corrected chi connectivity index (χ4v) is 3.77. The van der Waals surface area contributed by atoms with Crippen molar-refractivity contribution in [1.82, 2.24) is 5.16 Å². The molecule has 3 heterocycles. The number of rotatable bonds is 3. The first-order chi connectivity index (χ1) is 14.8. The number of fused-ring (bicyclic) bond motifs is 2. The molecular weight excluding hydrogens is 409 g/mol. The summed E-state index contributed by atoms with van der Waals surface area (Å²) >= 11 is 0. The van der Waals surface area contributed by atoms with Crippen LogP contribution in [-0.4, -0.2) is 16.0 Å². The van der Waals surface area contributed by atoms with Crippen LogP contribution in [0.25, 0.3) is 11.0 Å². The van der Waals surface area contributed by atoms with Crippen LogP contribution in [0.15, 0.2) is 62.3 Å². The van der Waals surface area contributed by atoms with Gasteiger partial charge in [-0.2, -0.15) is 0 Å². The molecule has 31 heavy (non-hydrogen) atoms. The molecule has 5 rings (SSSR count). The predicted molar refractivity (Wildman–Crippen MR) is 105 cm³/mol. The van der Waals surface area contributed by atoms with Crippen LogP contribution >= 0.6 is 0 Å². The largest absolute Gasteiger partial charge is 0.450 e. The number of aryl methyl sites for hydroxylation is 1. The van der Waals surface area contributed by atoms with Crippen LogP contribution < -0.4 is 10.3 Å². The number of nitro groups is 1. The normalized spacial score (nSPS) is 15.5. The topological polar surface area (TPSA) is 120 Å². The molecule has 1 aliphatic rings. The van der Waals surface area contributed by atoms with E-state index in [9.17, 15) is 24.1 Å². The van der Waals surface area contributed by atoms with Crippen molar-refractivity contribution < 1.29 is 23.0 Å². The first-order valence-electron chi connectivity index (χ1n) is 9.12. The lowest BCUT2D eigenvalue weighted by Gasteiger charge is -2.22. The Morgan fingerprint density at radius 1 is 1.16 bits per heavy atom. The Labute approximate surface area is 172 Å². The number of carbonyl (C=O) groups excluding carboxylic acids is 1. The van der Waals surface area contributed by atoms with Gasteiger partial charge in [0.15, 0.2) is 11.2 Å². The van der Waals surface area contributed by atoms with E-state index in [4.69, 9.17) is 8.94 Å². The molecule has 9 nitrogen and oxygen atoms in total. The molecule has 0 saturated carbocycles. The van der Waals surface area contributed by atoms with Crippen molar-refractivity contribution in [2.45, 2.75) is 13.0 Å². The minimum absolute atomic E-state index is 0.0415. The van der Waals surface area contributed by atoms with Gasteiger partial charge in [-0.15, -0.1) is 0 Å². The van der Waals surface area contributed by atoms with E-state index in [0.29, 0.717) is 11.3 Å². The van der Waals surface area contributed by atoms with Gasteiger partial charge >= 0.3 is 0 Å². The summed E-state index contributed by atoms with van der Waals surface area (Å²) in [6.07, 6.45) is 0. The van der Waals surface area contributed by atoms with Crippen LogP contribution in [0, 0.1) is 22.9 Å². The van der Waals surface area contributed by atoms with Crippen LogP contribution in [0.5, 0.6) is 0 Å². The smallest absolute Gasteiger partial charge is 0.296 e. The van der Waals surface area contributed by atoms with E-state index in [-0.39, 0.29) is 33.8 Å². The molecule has 2 aromatic carbocycles. The number of nitro benzene ring substituents is 1. The van der Waals surface area contributed by atoms with Crippen LogP contribution in [-0.2, 0) is 0 Å². The number of hydrogen-bond acceptors (Lipinski definition) is 7. The second kappa shape index (κ2) is 6.59. The van der Waals surface area contributed by atoms with Gasteiger partial charge < -0.3 is 8.94 Å². The average Bonchev–Trinajstić information content (AvgIpc) is 3.30. The van der Waals surface area contributed by atoms with Gasteiger partial charge in [0.05, 0.1) is 21.9 Å². The lowest BCUT2D eigenvalue weighted by molar-refractivity contribution is -0.384. The molecule has 1 amide bonds. The lowest BCUT2D eigenvalue weighted by Crippen LogP contribution is -2.29. The zero-order valence-corrected chi connectivity index (χ0v) is 15.9. The molecule has 4 aromatic rings. The third-order valence-electron chi connectivity index (χ3n) is 5.09. The molecule has 154 valence electrons. The zero-order chi connectivity index (χ0) is 21.9. The summed E-state index contributed by atoms with van der Waals surface area (Å²) in [7, 11) is 0. The summed E-state index contributed by atoms with van der Waals surface area (Å²) in [6.45, 7) is 1.63. The van der Waals surface area contributed by atoms with Crippen LogP contribution in [0.1, 0.15) is 33.5 Å². The number of nitrogens with zero attached hydrogens (tertiary/aromatic N) is 3. The number of non-ortho nitro benzene ring substituents is 1. The second-order valence-corrected chi connectivity index (χ2v) is 7.04. The van der Waals surface area contributed by atoms with Crippen molar-refractivity contribution in [1.29, 1.82) is 0 Å². The SMILES string of the molecule is Cc1cc(N2C(=O)c3oc4ccc(F)cc4c(=O)c3[C@H]2c2cccc([N+](=O)[O-])c2)no1. The van der Waals surface area contributed by atoms with Crippen LogP contribution in [0.4, 0.5) is 15.9 Å². The molecule has 1 atom stereocenters. The highest BCUT2D eigenvalue weighted by molar-refractivity contribution is 6.10. The molecule has 10 heteroatoms. The first kappa shape index (κ1) is 18.7. The van der Waals surface area contributed by atoms with E-state index >= 15 is 0 Å². The highest BCUT2D eigenvalue weighted by Gasteiger charge is 2.45. The molecule has 1 aliphatic heterocycles. The van der Waals surface area contributed by atoms with E-state index in [2.05, 4.69) is 5.16 Å². The predicted octanol–water partition coefficient (Wildman–Crippen LogP) is 3.89. The number of hydrogen-bond donors (Lipinski definition) is 0. The molecule has 0 aliphatic carbocycles. The van der Waals surface area contributed by atoms with Gasteiger partial charge in [0.25, 0.3) is 11.6 Å². The highest BCUT2D eigenvalue weighted by atomic mass is 19.1. The molecule has 2 aromatic heterocycles. The van der Waals surface area contributed by atoms with Crippen LogP contribution in [0.2, 0.25) is 0 Å². The number of aromatic nitrogens is 1. The van der Waals surface area contributed by atoms with Crippen molar-refractivity contribution in [3.63, 3.8) is 0 Å². The van der Waals surface area contributed by atoms with Gasteiger partial charge in [-0.1, -0.05) is 17.3 Å². The minimum Gasteiger partial charge on any atom is -0.450 e. The summed E-state index contributed by atoms with van der Waals surface area (Å²) in [5.41, 5.74) is -0.530. The quantitative estimate of drug-likeness (QED) is 0.364. The Morgan fingerprint density at radius 3 is 2.68 bits per heavy atom. The summed E-state index contributed by atoms with van der Waals surface area (Å²) in [5, 5.41) is 15.1. The molecular formula is C21H12FN3O6. The Morgan fingerprint density at radius 2 is 1.97 bits per heavy atom. The second-order valence-electron chi connectivity index (χ2n) is 7.04. The van der Waals surface area contributed by atoms with Gasteiger partial charge in [-0.25, -0.2) is 4.39 Å². The van der Waals surface area contributed by atoms with Crippen molar-refractivity contribution in [2.75, 3.05) is 4.90 Å². The van der Waals surface area contributed by atoms with Crippen molar-refractivity contribution in [2.24, 2.45) is 0 Å². The fraction of sp³-hybridized carbons (Fsp3) is 0.0952. The summed E-state index contributed by atoms with van der Waals surface area (Å²) < 4.78 is 24.6. The van der Waals surface area contributed by atoms with Gasteiger partial charge in [-0.3, -0.25) is 24.6 Å². The number of anilines is 1. The average molecular weight is 421 g/mol. The summed E-state index contributed by atoms with van der Waals surface area (Å²) in [5.74, 6) is -1.01. The van der Waals surface area contributed by atoms with Gasteiger partial charge in [0, 0.05) is 18.2 Å². The third-order valence-corrected chi connectivity index (χ3v) is 5.09. The maximum Gasteiger partial charge on any atom is 0.296 e. The minimum atomic E-state index is -1.07. The van der Waals surface area contributed by atoms with Crippen molar-refractivity contribution in [3.8, 4) is 0 Å². The molecule has 0 bridgehead atoms. The van der Waals surface area contributed by atoms with Gasteiger partial charge in [-0.05, 0) is 30.7 Å². The number of halogens is 1. The van der Waals surface area contributed by atoms with E-state index in [1.54, 1.807) is 13.0 Å². The van der Waals surface area contributed by atoms with E-state index in [1.807, 2.05) is 0 Å². The molecule has 0 saturated heterocycles. The standard InChI is InChI=1S/C21H12FN3O6/c1-10-7-16(23-31-10)24-18(11-3-2-4-13(8-11)25(28)29)17-19(26)14-9-12(22)5-6-15(14)30-20(17)21(24)27/h2-9,18H,1H3/t18-/m1/s1. The Bertz CT molecular complexity index is 1460. The number of benzene rings is 2. The van der Waals surface area contributed by atoms with E-state index < -0.39 is 28.1 Å². The Balaban J connectivity index is 1.83. The highest BCUT2D eigenvalue weighted by Crippen LogP contribution is 2.41. The number of amides is 1. The summed E-state index contributed by atoms with van der Waals surface area (Å²) in [6, 6.07) is 9.40. The lowest BCUT2D eigenvalue weighted by atomic mass is 9.98. The Kier molecular flexibility index (Phi) is 3.97. The molecule has 0 N–H and O–H groups in total. The van der Waals surface area contributed by atoms with Gasteiger partial charge in [0.1, 0.15) is 17.2 Å². The maximum atomic E-state index is 13.8. The number of carbonyl (C=O) groups is 1. The van der Waals surface area contributed by atoms with Gasteiger partial charge in [0.2, 0.25) is 5.76 Å². The summed E-state index contributed by atoms with van der Waals surface area (Å²) in [4.78, 5) is 38.5. The monoisotopic (exact) mass is 421 g/mol. The van der Waals surface area contributed by atoms with E-state index in [0.717, 1.165) is 12.1 Å². The third kappa shape index (κ3) is 2.80. The molecule has 0 spiro atoms. The van der Waals surface area contributed by atoms with Crippen LogP contribution in [0.3, 0.4) is 0 Å². The first-order valence-corrected chi connectivity index (χ1v) is 9.12. The zero-order valence-electron chi connectivity index (χ0n) is 15.9. The van der Waals surface area contributed by atoms with Crippen molar-refractivity contribution in [3.05, 3.63) is 97.3 Å². The molecule has 0 unspecified atom stereocenters. The maximum absolute atomic E-state index is 13.8. The molecule has 0 fully saturated rings. The molecule has 0 radical (unpaired) electrons. The van der Waals surface area contributed by atoms with E-state index in [1.165, 1.54) is 35.2 Å². The Hall–Kier alpha value is -4.34. The van der Waals surface area contributed by atoms with Crippen molar-refractivity contribution >= 4 is 28.4 Å². The fourth-order valence-electron chi connectivity index (χ4n) is 3.77.